The summed E-state index contributed by atoms with van der Waals surface area (Å²) < 4.78 is 17.9. The highest BCUT2D eigenvalue weighted by molar-refractivity contribution is 5.64. The zero-order chi connectivity index (χ0) is 18.9. The first-order chi connectivity index (χ1) is 13.3. The standard InChI is InChI=1S/C25H31FO/c1-2-3-19-27-25-16-14-24(15-17-25)23-12-10-22(11-13-23)21-8-6-20(7-9-21)5-4-18-26/h4,10-18,20-21H,2-3,5-9,19H2,1H3/t20-,21-. The van der Waals surface area contributed by atoms with Gasteiger partial charge in [0.2, 0.25) is 0 Å². The maximum Gasteiger partial charge on any atom is 0.119 e. The zero-order valence-electron chi connectivity index (χ0n) is 16.4. The summed E-state index contributed by atoms with van der Waals surface area (Å²) in [5, 5.41) is 0. The third kappa shape index (κ3) is 5.69. The van der Waals surface area contributed by atoms with Crippen molar-refractivity contribution in [1.82, 2.24) is 0 Å². The molecular formula is C25H31FO. The molecule has 2 heteroatoms. The van der Waals surface area contributed by atoms with Gasteiger partial charge >= 0.3 is 0 Å². The van der Waals surface area contributed by atoms with Crippen molar-refractivity contribution in [2.75, 3.05) is 6.61 Å². The van der Waals surface area contributed by atoms with Crippen LogP contribution in [0.5, 0.6) is 5.75 Å². The van der Waals surface area contributed by atoms with Crippen LogP contribution >= 0.6 is 0 Å². The number of allylic oxidation sites excluding steroid dienone is 1. The van der Waals surface area contributed by atoms with Crippen molar-refractivity contribution in [1.29, 1.82) is 0 Å². The second-order valence-electron chi connectivity index (χ2n) is 7.66. The molecule has 0 radical (unpaired) electrons. The molecule has 2 aromatic carbocycles. The van der Waals surface area contributed by atoms with Crippen molar-refractivity contribution in [3.05, 3.63) is 66.5 Å². The van der Waals surface area contributed by atoms with E-state index in [9.17, 15) is 4.39 Å². The second-order valence-corrected chi connectivity index (χ2v) is 7.66. The lowest BCUT2D eigenvalue weighted by Crippen LogP contribution is -2.12. The summed E-state index contributed by atoms with van der Waals surface area (Å²) >= 11 is 0. The van der Waals surface area contributed by atoms with Gasteiger partial charge in [0.25, 0.3) is 0 Å². The number of halogens is 1. The summed E-state index contributed by atoms with van der Waals surface area (Å²) in [7, 11) is 0. The predicted octanol–water partition coefficient (Wildman–Crippen LogP) is 7.68. The van der Waals surface area contributed by atoms with Gasteiger partial charge in [-0.3, -0.25) is 0 Å². The minimum absolute atomic E-state index is 0.652. The van der Waals surface area contributed by atoms with Crippen LogP contribution in [0.4, 0.5) is 4.39 Å². The molecular weight excluding hydrogens is 335 g/mol. The number of hydrogen-bond acceptors (Lipinski definition) is 1. The molecule has 0 aromatic heterocycles. The van der Waals surface area contributed by atoms with Gasteiger partial charge < -0.3 is 4.74 Å². The molecule has 0 N–H and O–H groups in total. The van der Waals surface area contributed by atoms with Gasteiger partial charge in [-0.25, -0.2) is 4.39 Å². The lowest BCUT2D eigenvalue weighted by molar-refractivity contribution is 0.309. The summed E-state index contributed by atoms with van der Waals surface area (Å²) in [5.41, 5.74) is 3.92. The topological polar surface area (TPSA) is 9.23 Å². The van der Waals surface area contributed by atoms with Crippen LogP contribution in [0.15, 0.2) is 60.9 Å². The molecule has 1 aliphatic rings. The van der Waals surface area contributed by atoms with E-state index in [0.717, 1.165) is 31.6 Å². The van der Waals surface area contributed by atoms with Crippen LogP contribution in [0.2, 0.25) is 0 Å². The fourth-order valence-corrected chi connectivity index (χ4v) is 4.00. The molecule has 0 heterocycles. The molecule has 3 rings (SSSR count). The molecule has 0 amide bonds. The maximum atomic E-state index is 12.2. The van der Waals surface area contributed by atoms with E-state index in [4.69, 9.17) is 4.74 Å². The van der Waals surface area contributed by atoms with Crippen LogP contribution in [-0.4, -0.2) is 6.61 Å². The molecule has 0 aliphatic heterocycles. The number of rotatable bonds is 8. The molecule has 0 unspecified atom stereocenters. The summed E-state index contributed by atoms with van der Waals surface area (Å²) in [6.45, 7) is 2.96. The number of ether oxygens (including phenoxy) is 1. The summed E-state index contributed by atoms with van der Waals surface area (Å²) in [4.78, 5) is 0. The minimum atomic E-state index is 0.652. The molecule has 144 valence electrons. The first-order valence-corrected chi connectivity index (χ1v) is 10.4. The third-order valence-corrected chi connectivity index (χ3v) is 5.74. The van der Waals surface area contributed by atoms with Crippen molar-refractivity contribution in [3.8, 4) is 16.9 Å². The first kappa shape index (κ1) is 19.7. The molecule has 0 saturated heterocycles. The van der Waals surface area contributed by atoms with Gasteiger partial charge in [-0.05, 0) is 79.2 Å². The van der Waals surface area contributed by atoms with E-state index < -0.39 is 0 Å². The normalized spacial score (nSPS) is 20.1. The highest BCUT2D eigenvalue weighted by atomic mass is 19.1. The Hall–Kier alpha value is -2.09. The predicted molar refractivity (Wildman–Crippen MR) is 112 cm³/mol. The van der Waals surface area contributed by atoms with Gasteiger partial charge in [-0.2, -0.15) is 0 Å². The molecule has 0 atom stereocenters. The van der Waals surface area contributed by atoms with Crippen LogP contribution < -0.4 is 4.74 Å². The Bertz CT molecular complexity index is 694. The SMILES string of the molecule is CCCCOc1ccc(-c2ccc([C@H]3CC[C@H](CC=CF)CC3)cc2)cc1. The van der Waals surface area contributed by atoms with E-state index in [1.54, 1.807) is 6.08 Å². The molecule has 0 spiro atoms. The van der Waals surface area contributed by atoms with Crippen molar-refractivity contribution >= 4 is 0 Å². The first-order valence-electron chi connectivity index (χ1n) is 10.4. The molecule has 27 heavy (non-hydrogen) atoms. The summed E-state index contributed by atoms with van der Waals surface area (Å²) in [6.07, 6.45) is 10.3. The Morgan fingerprint density at radius 1 is 0.926 bits per heavy atom. The number of unbranched alkanes of at least 4 members (excludes halogenated alkanes) is 1. The van der Waals surface area contributed by atoms with Crippen molar-refractivity contribution in [2.45, 2.75) is 57.8 Å². The van der Waals surface area contributed by atoms with E-state index in [1.165, 1.54) is 42.4 Å². The second kappa shape index (κ2) is 10.3. The summed E-state index contributed by atoms with van der Waals surface area (Å²) in [6, 6.07) is 17.4. The zero-order valence-corrected chi connectivity index (χ0v) is 16.4. The van der Waals surface area contributed by atoms with Crippen molar-refractivity contribution in [2.24, 2.45) is 5.92 Å². The highest BCUT2D eigenvalue weighted by Gasteiger charge is 2.21. The molecule has 2 aromatic rings. The van der Waals surface area contributed by atoms with Gasteiger partial charge in [0, 0.05) is 0 Å². The minimum Gasteiger partial charge on any atom is -0.494 e. The lowest BCUT2D eigenvalue weighted by Gasteiger charge is -2.28. The van der Waals surface area contributed by atoms with Gasteiger partial charge in [-0.1, -0.05) is 55.8 Å². The average molecular weight is 367 g/mol. The van der Waals surface area contributed by atoms with Crippen LogP contribution in [0.1, 0.15) is 63.4 Å². The molecule has 1 saturated carbocycles. The van der Waals surface area contributed by atoms with Crippen LogP contribution in [0.3, 0.4) is 0 Å². The molecule has 1 aliphatic carbocycles. The number of hydrogen-bond donors (Lipinski definition) is 0. The lowest BCUT2D eigenvalue weighted by atomic mass is 9.77. The largest absolute Gasteiger partial charge is 0.494 e. The Morgan fingerprint density at radius 3 is 2.15 bits per heavy atom. The van der Waals surface area contributed by atoms with Crippen molar-refractivity contribution in [3.63, 3.8) is 0 Å². The number of benzene rings is 2. The quantitative estimate of drug-likeness (QED) is 0.435. The maximum absolute atomic E-state index is 12.2. The van der Waals surface area contributed by atoms with Gasteiger partial charge in [0.1, 0.15) is 5.75 Å². The van der Waals surface area contributed by atoms with Crippen LogP contribution in [-0.2, 0) is 0 Å². The fourth-order valence-electron chi connectivity index (χ4n) is 4.00. The van der Waals surface area contributed by atoms with Gasteiger partial charge in [-0.15, -0.1) is 0 Å². The molecule has 1 nitrogen and oxygen atoms in total. The van der Waals surface area contributed by atoms with Gasteiger partial charge in [0.05, 0.1) is 12.9 Å². The Kier molecular flexibility index (Phi) is 7.50. The average Bonchev–Trinajstić information content (AvgIpc) is 2.73. The van der Waals surface area contributed by atoms with Crippen molar-refractivity contribution < 1.29 is 9.13 Å². The van der Waals surface area contributed by atoms with E-state index >= 15 is 0 Å². The van der Waals surface area contributed by atoms with E-state index in [2.05, 4.69) is 55.5 Å². The van der Waals surface area contributed by atoms with E-state index in [-0.39, 0.29) is 0 Å². The third-order valence-electron chi connectivity index (χ3n) is 5.74. The Balaban J connectivity index is 1.56. The van der Waals surface area contributed by atoms with Crippen LogP contribution in [0.25, 0.3) is 11.1 Å². The summed E-state index contributed by atoms with van der Waals surface area (Å²) in [5.74, 6) is 2.26. The van der Waals surface area contributed by atoms with Gasteiger partial charge in [0.15, 0.2) is 0 Å². The molecule has 1 fully saturated rings. The van der Waals surface area contributed by atoms with E-state index in [1.807, 2.05) is 0 Å². The highest BCUT2D eigenvalue weighted by Crippen LogP contribution is 2.37. The Labute approximate surface area is 163 Å². The molecule has 0 bridgehead atoms. The van der Waals surface area contributed by atoms with E-state index in [0.29, 0.717) is 18.2 Å². The Morgan fingerprint density at radius 2 is 1.56 bits per heavy atom. The van der Waals surface area contributed by atoms with Crippen LogP contribution in [0, 0.1) is 5.92 Å². The smallest absolute Gasteiger partial charge is 0.119 e. The fraction of sp³-hybridized carbons (Fsp3) is 0.440. The monoisotopic (exact) mass is 366 g/mol.